The number of nitrogens with one attached hydrogen (secondary N) is 1. The monoisotopic (exact) mass is 275 g/mol. The summed E-state index contributed by atoms with van der Waals surface area (Å²) in [6.45, 7) is 0. The van der Waals surface area contributed by atoms with E-state index in [1.807, 2.05) is 0 Å². The van der Waals surface area contributed by atoms with Crippen molar-refractivity contribution < 1.29 is 13.7 Å². The highest BCUT2D eigenvalue weighted by Crippen LogP contribution is 2.27. The lowest BCUT2D eigenvalue weighted by Gasteiger charge is -2.04. The predicted octanol–water partition coefficient (Wildman–Crippen LogP) is 1.92. The van der Waals surface area contributed by atoms with E-state index in [0.29, 0.717) is 16.7 Å². The number of anilines is 1. The number of thiol groups is 1. The molecule has 5 nitrogen and oxygen atoms in total. The lowest BCUT2D eigenvalue weighted by Crippen LogP contribution is -2.01. The molecule has 0 fully saturated rings. The second-order valence-electron chi connectivity index (χ2n) is 4.03. The summed E-state index contributed by atoms with van der Waals surface area (Å²) in [6, 6.07) is 9.67. The number of benzene rings is 2. The SMILES string of the molecule is O=[SH]Nc1ccc2c(c1)c(=O)oc1cc(O)ccc12. The van der Waals surface area contributed by atoms with E-state index in [4.69, 9.17) is 4.42 Å². The van der Waals surface area contributed by atoms with E-state index >= 15 is 0 Å². The van der Waals surface area contributed by atoms with Gasteiger partial charge in [-0.3, -0.25) is 0 Å². The Bertz CT molecular complexity index is 856. The number of fused-ring (bicyclic) bond motifs is 3. The maximum atomic E-state index is 11.9. The van der Waals surface area contributed by atoms with Gasteiger partial charge >= 0.3 is 5.63 Å². The molecule has 0 saturated heterocycles. The molecule has 0 atom stereocenters. The van der Waals surface area contributed by atoms with Crippen molar-refractivity contribution in [2.75, 3.05) is 4.72 Å². The summed E-state index contributed by atoms with van der Waals surface area (Å²) in [4.78, 5) is 11.9. The standard InChI is InChI=1S/C13H9NO4S/c15-8-2-4-10-9-3-1-7(14-19-17)5-11(9)13(16)18-12(10)6-8/h1-6,15,19H,(H,14,17). The minimum atomic E-state index is -0.501. The maximum Gasteiger partial charge on any atom is 0.344 e. The average Bonchev–Trinajstić information content (AvgIpc) is 2.39. The quantitative estimate of drug-likeness (QED) is 0.379. The molecule has 1 heterocycles. The molecule has 2 aromatic carbocycles. The van der Waals surface area contributed by atoms with E-state index < -0.39 is 5.63 Å². The summed E-state index contributed by atoms with van der Waals surface area (Å²) < 4.78 is 18.2. The lowest BCUT2D eigenvalue weighted by molar-refractivity contribution is 0.473. The van der Waals surface area contributed by atoms with Gasteiger partial charge in [0.15, 0.2) is 0 Å². The summed E-state index contributed by atoms with van der Waals surface area (Å²) in [5, 5.41) is 11.3. The Morgan fingerprint density at radius 1 is 1.05 bits per heavy atom. The minimum absolute atomic E-state index is 0.0402. The van der Waals surface area contributed by atoms with Crippen LogP contribution >= 0.6 is 0 Å². The predicted molar refractivity (Wildman–Crippen MR) is 74.8 cm³/mol. The zero-order valence-corrected chi connectivity index (χ0v) is 10.5. The number of aromatic hydroxyl groups is 1. The zero-order valence-electron chi connectivity index (χ0n) is 9.58. The number of phenolic OH excluding ortho intramolecular Hbond substituents is 1. The molecule has 0 aliphatic carbocycles. The van der Waals surface area contributed by atoms with Crippen molar-refractivity contribution in [3.05, 3.63) is 46.8 Å². The molecule has 0 aliphatic rings. The summed E-state index contributed by atoms with van der Waals surface area (Å²) in [7, 11) is 0. The Labute approximate surface area is 111 Å². The van der Waals surface area contributed by atoms with Crippen molar-refractivity contribution >= 4 is 39.3 Å². The molecule has 0 amide bonds. The molecule has 0 spiro atoms. The minimum Gasteiger partial charge on any atom is -0.508 e. The van der Waals surface area contributed by atoms with Crippen LogP contribution in [-0.2, 0) is 11.9 Å². The molecule has 0 unspecified atom stereocenters. The first-order valence-corrected chi connectivity index (χ1v) is 6.28. The third-order valence-corrected chi connectivity index (χ3v) is 3.22. The van der Waals surface area contributed by atoms with Gasteiger partial charge in [-0.15, -0.1) is 0 Å². The Balaban J connectivity index is 2.42. The molecule has 2 N–H and O–H groups in total. The van der Waals surface area contributed by atoms with Gasteiger partial charge in [0.05, 0.1) is 5.39 Å². The van der Waals surface area contributed by atoms with Crippen molar-refractivity contribution in [1.29, 1.82) is 0 Å². The molecular weight excluding hydrogens is 266 g/mol. The van der Waals surface area contributed by atoms with E-state index in [2.05, 4.69) is 4.72 Å². The van der Waals surface area contributed by atoms with Crippen LogP contribution in [0, 0.1) is 0 Å². The van der Waals surface area contributed by atoms with Crippen LogP contribution in [0.1, 0.15) is 0 Å². The van der Waals surface area contributed by atoms with Crippen LogP contribution in [0.2, 0.25) is 0 Å². The molecule has 0 bridgehead atoms. The highest BCUT2D eigenvalue weighted by Gasteiger charge is 2.08. The van der Waals surface area contributed by atoms with Gasteiger partial charge in [-0.2, -0.15) is 0 Å². The Morgan fingerprint density at radius 2 is 1.84 bits per heavy atom. The largest absolute Gasteiger partial charge is 0.508 e. The third-order valence-electron chi connectivity index (χ3n) is 2.87. The first-order valence-electron chi connectivity index (χ1n) is 5.47. The van der Waals surface area contributed by atoms with Crippen LogP contribution in [0.15, 0.2) is 45.6 Å². The fourth-order valence-electron chi connectivity index (χ4n) is 2.04. The number of hydrogen-bond donors (Lipinski definition) is 3. The Morgan fingerprint density at radius 3 is 2.63 bits per heavy atom. The first kappa shape index (κ1) is 11.7. The molecule has 19 heavy (non-hydrogen) atoms. The van der Waals surface area contributed by atoms with Gasteiger partial charge in [0.2, 0.25) is 0 Å². The molecule has 6 heteroatoms. The van der Waals surface area contributed by atoms with Crippen molar-refractivity contribution in [2.45, 2.75) is 0 Å². The molecule has 3 rings (SSSR count). The van der Waals surface area contributed by atoms with Crippen molar-refractivity contribution in [1.82, 2.24) is 0 Å². The number of rotatable bonds is 2. The Kier molecular flexibility index (Phi) is 2.72. The fraction of sp³-hybridized carbons (Fsp3) is 0. The van der Waals surface area contributed by atoms with Crippen LogP contribution in [-0.4, -0.2) is 9.32 Å². The van der Waals surface area contributed by atoms with Gasteiger partial charge in [0.1, 0.15) is 23.2 Å². The van der Waals surface area contributed by atoms with Gasteiger partial charge in [0, 0.05) is 22.5 Å². The first-order chi connectivity index (χ1) is 9.19. The van der Waals surface area contributed by atoms with Crippen molar-refractivity contribution in [2.24, 2.45) is 0 Å². The summed E-state index contributed by atoms with van der Waals surface area (Å²) in [5.41, 5.74) is 0.397. The average molecular weight is 275 g/mol. The van der Waals surface area contributed by atoms with Gasteiger partial charge in [-0.25, -0.2) is 9.00 Å². The van der Waals surface area contributed by atoms with E-state index in [9.17, 15) is 14.1 Å². The molecule has 0 aliphatic heterocycles. The van der Waals surface area contributed by atoms with Gasteiger partial charge in [-0.1, -0.05) is 6.07 Å². The van der Waals surface area contributed by atoms with Crippen molar-refractivity contribution in [3.63, 3.8) is 0 Å². The topological polar surface area (TPSA) is 79.5 Å². The molecule has 3 aromatic rings. The smallest absolute Gasteiger partial charge is 0.344 e. The molecule has 0 radical (unpaired) electrons. The van der Waals surface area contributed by atoms with E-state index in [0.717, 1.165) is 10.8 Å². The van der Waals surface area contributed by atoms with Crippen LogP contribution in [0.4, 0.5) is 5.69 Å². The van der Waals surface area contributed by atoms with Crippen molar-refractivity contribution in [3.8, 4) is 5.75 Å². The normalized spacial score (nSPS) is 10.9. The summed E-state index contributed by atoms with van der Waals surface area (Å²) in [5.74, 6) is 0.0402. The van der Waals surface area contributed by atoms with E-state index in [1.54, 1.807) is 24.3 Å². The van der Waals surface area contributed by atoms with Gasteiger partial charge in [0.25, 0.3) is 0 Å². The summed E-state index contributed by atoms with van der Waals surface area (Å²) in [6.07, 6.45) is 0. The number of hydrogen-bond acceptors (Lipinski definition) is 4. The zero-order chi connectivity index (χ0) is 13.4. The Hall–Kier alpha value is -2.34. The third kappa shape index (κ3) is 1.96. The van der Waals surface area contributed by atoms with E-state index in [1.165, 1.54) is 12.1 Å². The molecular formula is C13H9NO4S. The van der Waals surface area contributed by atoms with Crippen LogP contribution in [0.25, 0.3) is 21.7 Å². The second-order valence-corrected chi connectivity index (χ2v) is 4.44. The number of phenols is 1. The van der Waals surface area contributed by atoms with Crippen LogP contribution in [0.5, 0.6) is 5.75 Å². The summed E-state index contributed by atoms with van der Waals surface area (Å²) >= 11 is -0.237. The molecule has 96 valence electrons. The highest BCUT2D eigenvalue weighted by molar-refractivity contribution is 7.67. The van der Waals surface area contributed by atoms with Crippen LogP contribution in [0.3, 0.4) is 0 Å². The fourth-order valence-corrected chi connectivity index (χ4v) is 2.29. The van der Waals surface area contributed by atoms with Gasteiger partial charge in [-0.05, 0) is 24.3 Å². The van der Waals surface area contributed by atoms with Crippen LogP contribution < -0.4 is 10.3 Å². The molecule has 0 saturated carbocycles. The lowest BCUT2D eigenvalue weighted by atomic mass is 10.1. The maximum absolute atomic E-state index is 11.9. The second kappa shape index (κ2) is 4.40. The van der Waals surface area contributed by atoms with Gasteiger partial charge < -0.3 is 14.2 Å². The molecule has 1 aromatic heterocycles. The van der Waals surface area contributed by atoms with E-state index in [-0.39, 0.29) is 17.6 Å². The highest BCUT2D eigenvalue weighted by atomic mass is 32.2.